The highest BCUT2D eigenvalue weighted by Gasteiger charge is 2.28. The van der Waals surface area contributed by atoms with E-state index >= 15 is 0 Å². The molecular formula is C10H18N4O2S2. The molecule has 0 bridgehead atoms. The zero-order valence-corrected chi connectivity index (χ0v) is 12.4. The second kappa shape index (κ2) is 5.33. The molecule has 4 N–H and O–H groups in total. The topological polar surface area (TPSA) is 101 Å². The number of aryl methyl sites for hydroxylation is 2. The van der Waals surface area contributed by atoms with Crippen molar-refractivity contribution < 1.29 is 8.42 Å². The van der Waals surface area contributed by atoms with Gasteiger partial charge in [-0.1, -0.05) is 26.1 Å². The molecular weight excluding hydrogens is 272 g/mol. The fourth-order valence-corrected chi connectivity index (χ4v) is 3.83. The molecule has 0 spiro atoms. The van der Waals surface area contributed by atoms with Gasteiger partial charge in [-0.25, -0.2) is 13.1 Å². The third-order valence-electron chi connectivity index (χ3n) is 2.58. The van der Waals surface area contributed by atoms with Gasteiger partial charge >= 0.3 is 0 Å². The lowest BCUT2D eigenvalue weighted by molar-refractivity contribution is 0.526. The second-order valence-corrected chi connectivity index (χ2v) is 6.63. The molecule has 0 aromatic carbocycles. The quantitative estimate of drug-likeness (QED) is 0.690. The van der Waals surface area contributed by atoms with Gasteiger partial charge in [0.25, 0.3) is 0 Å². The van der Waals surface area contributed by atoms with Crippen LogP contribution >= 0.6 is 12.2 Å². The normalized spacial score (nSPS) is 13.8. The van der Waals surface area contributed by atoms with Gasteiger partial charge in [0.15, 0.2) is 0 Å². The molecule has 1 atom stereocenters. The van der Waals surface area contributed by atoms with Gasteiger partial charge < -0.3 is 5.73 Å². The minimum absolute atomic E-state index is 0.0233. The molecule has 1 unspecified atom stereocenters. The van der Waals surface area contributed by atoms with E-state index in [2.05, 4.69) is 14.9 Å². The molecule has 6 nitrogen and oxygen atoms in total. The number of nitrogens with one attached hydrogen (secondary N) is 2. The average Bonchev–Trinajstić information content (AvgIpc) is 2.54. The van der Waals surface area contributed by atoms with Crippen molar-refractivity contribution >= 4 is 27.2 Å². The first-order valence-corrected chi connectivity index (χ1v) is 7.39. The summed E-state index contributed by atoms with van der Waals surface area (Å²) in [6, 6.07) is -0.571. The fourth-order valence-electron chi connectivity index (χ4n) is 1.69. The molecule has 0 saturated carbocycles. The number of nitrogens with zero attached hydrogens (tertiary/aromatic N) is 1. The minimum atomic E-state index is -3.68. The Balaban J connectivity index is 3.13. The maximum Gasteiger partial charge on any atom is 0.244 e. The molecule has 102 valence electrons. The van der Waals surface area contributed by atoms with Crippen LogP contribution in [0.1, 0.15) is 25.2 Å². The first-order chi connectivity index (χ1) is 8.16. The number of rotatable bonds is 5. The average molecular weight is 290 g/mol. The van der Waals surface area contributed by atoms with Crippen molar-refractivity contribution in [3.8, 4) is 0 Å². The molecule has 0 radical (unpaired) electrons. The van der Waals surface area contributed by atoms with E-state index in [1.165, 1.54) is 0 Å². The summed E-state index contributed by atoms with van der Waals surface area (Å²) < 4.78 is 27.1. The van der Waals surface area contributed by atoms with Crippen LogP contribution in [0.2, 0.25) is 0 Å². The zero-order valence-electron chi connectivity index (χ0n) is 10.8. The van der Waals surface area contributed by atoms with Crippen molar-refractivity contribution in [3.63, 3.8) is 0 Å². The van der Waals surface area contributed by atoms with Gasteiger partial charge in [0, 0.05) is 0 Å². The van der Waals surface area contributed by atoms with E-state index in [-0.39, 0.29) is 15.8 Å². The zero-order chi connectivity index (χ0) is 14.1. The summed E-state index contributed by atoms with van der Waals surface area (Å²) >= 11 is 4.88. The summed E-state index contributed by atoms with van der Waals surface area (Å²) in [5, 5.41) is 6.51. The Bertz CT molecular complexity index is 529. The molecule has 0 fully saturated rings. The van der Waals surface area contributed by atoms with E-state index in [0.717, 1.165) is 0 Å². The van der Waals surface area contributed by atoms with Crippen LogP contribution in [0.15, 0.2) is 4.90 Å². The number of aromatic amines is 1. The van der Waals surface area contributed by atoms with Crippen molar-refractivity contribution in [2.45, 2.75) is 38.6 Å². The first-order valence-electron chi connectivity index (χ1n) is 5.50. The van der Waals surface area contributed by atoms with Crippen molar-refractivity contribution in [2.24, 2.45) is 11.7 Å². The molecule has 0 amide bonds. The highest BCUT2D eigenvalue weighted by molar-refractivity contribution is 7.89. The van der Waals surface area contributed by atoms with Crippen LogP contribution in [0.4, 0.5) is 0 Å². The maximum atomic E-state index is 12.3. The van der Waals surface area contributed by atoms with Gasteiger partial charge in [0.1, 0.15) is 4.90 Å². The van der Waals surface area contributed by atoms with E-state index in [0.29, 0.717) is 11.4 Å². The Hall–Kier alpha value is -0.990. The van der Waals surface area contributed by atoms with Gasteiger partial charge in [-0.05, 0) is 19.8 Å². The van der Waals surface area contributed by atoms with Crippen LogP contribution in [0.3, 0.4) is 0 Å². The summed E-state index contributed by atoms with van der Waals surface area (Å²) in [6.45, 7) is 6.98. The van der Waals surface area contributed by atoms with Crippen LogP contribution in [0, 0.1) is 19.8 Å². The predicted octanol–water partition coefficient (Wildman–Crippen LogP) is 0.616. The number of sulfonamides is 1. The summed E-state index contributed by atoms with van der Waals surface area (Å²) in [6.07, 6.45) is 0. The van der Waals surface area contributed by atoms with Crippen molar-refractivity contribution in [1.82, 2.24) is 14.9 Å². The van der Waals surface area contributed by atoms with Crippen molar-refractivity contribution in [3.05, 3.63) is 11.4 Å². The molecule has 0 aliphatic rings. The summed E-state index contributed by atoms with van der Waals surface area (Å²) in [5.41, 5.74) is 6.47. The van der Waals surface area contributed by atoms with Crippen LogP contribution in [0.5, 0.6) is 0 Å². The number of aromatic nitrogens is 2. The monoisotopic (exact) mass is 290 g/mol. The van der Waals surface area contributed by atoms with Gasteiger partial charge in [-0.2, -0.15) is 5.10 Å². The van der Waals surface area contributed by atoms with Crippen molar-refractivity contribution in [2.75, 3.05) is 0 Å². The number of thiocarbonyl (C=S) groups is 1. The molecule has 1 rings (SSSR count). The van der Waals surface area contributed by atoms with E-state index in [1.807, 2.05) is 13.8 Å². The highest BCUT2D eigenvalue weighted by atomic mass is 32.2. The molecule has 8 heteroatoms. The van der Waals surface area contributed by atoms with Gasteiger partial charge in [0.2, 0.25) is 10.0 Å². The van der Waals surface area contributed by atoms with Crippen LogP contribution in [-0.2, 0) is 10.0 Å². The van der Waals surface area contributed by atoms with Crippen LogP contribution < -0.4 is 10.5 Å². The van der Waals surface area contributed by atoms with Gasteiger partial charge in [-0.3, -0.25) is 5.10 Å². The van der Waals surface area contributed by atoms with E-state index < -0.39 is 16.1 Å². The molecule has 18 heavy (non-hydrogen) atoms. The van der Waals surface area contributed by atoms with Crippen LogP contribution in [-0.4, -0.2) is 29.6 Å². The van der Waals surface area contributed by atoms with Crippen molar-refractivity contribution in [1.29, 1.82) is 0 Å². The maximum absolute atomic E-state index is 12.3. The Morgan fingerprint density at radius 1 is 1.44 bits per heavy atom. The minimum Gasteiger partial charge on any atom is -0.392 e. The van der Waals surface area contributed by atoms with E-state index in [4.69, 9.17) is 18.0 Å². The second-order valence-electron chi connectivity index (χ2n) is 4.51. The molecule has 0 saturated heterocycles. The number of H-pyrrole nitrogens is 1. The standard InChI is InChI=1S/C10H18N4O2S2/c1-5(2)8(10(11)17)14-18(15,16)9-6(3)12-13-7(9)4/h5,8,14H,1-4H3,(H2,11,17)(H,12,13). The number of hydrogen-bond acceptors (Lipinski definition) is 4. The number of nitrogens with two attached hydrogens (primary N) is 1. The van der Waals surface area contributed by atoms with Gasteiger partial charge in [0.05, 0.1) is 22.4 Å². The lowest BCUT2D eigenvalue weighted by Gasteiger charge is -2.20. The Morgan fingerprint density at radius 2 is 2.00 bits per heavy atom. The van der Waals surface area contributed by atoms with E-state index in [9.17, 15) is 8.42 Å². The predicted molar refractivity (Wildman–Crippen MR) is 73.8 cm³/mol. The molecule has 1 aromatic heterocycles. The Kier molecular flexibility index (Phi) is 4.46. The first kappa shape index (κ1) is 15.1. The highest BCUT2D eigenvalue weighted by Crippen LogP contribution is 2.18. The van der Waals surface area contributed by atoms with Crippen LogP contribution in [0.25, 0.3) is 0 Å². The molecule has 0 aliphatic heterocycles. The van der Waals surface area contributed by atoms with Gasteiger partial charge in [-0.15, -0.1) is 0 Å². The Labute approximate surface area is 112 Å². The summed E-state index contributed by atoms with van der Waals surface area (Å²) in [4.78, 5) is 0.289. The third-order valence-corrected chi connectivity index (χ3v) is 4.54. The lowest BCUT2D eigenvalue weighted by atomic mass is 10.1. The molecule has 1 aromatic rings. The smallest absolute Gasteiger partial charge is 0.244 e. The largest absolute Gasteiger partial charge is 0.392 e. The molecule has 1 heterocycles. The van der Waals surface area contributed by atoms with E-state index in [1.54, 1.807) is 13.8 Å². The summed E-state index contributed by atoms with van der Waals surface area (Å²) in [7, 11) is -3.68. The Morgan fingerprint density at radius 3 is 2.33 bits per heavy atom. The molecule has 0 aliphatic carbocycles. The third kappa shape index (κ3) is 3.06. The SMILES string of the molecule is Cc1n[nH]c(C)c1S(=O)(=O)NC(C(N)=S)C(C)C. The lowest BCUT2D eigenvalue weighted by Crippen LogP contribution is -2.46. The fraction of sp³-hybridized carbons (Fsp3) is 0.600. The number of hydrogen-bond donors (Lipinski definition) is 3. The summed E-state index contributed by atoms with van der Waals surface area (Å²) in [5.74, 6) is -0.0233.